The van der Waals surface area contributed by atoms with E-state index in [1.54, 1.807) is 6.33 Å². The predicted molar refractivity (Wildman–Crippen MR) is 67.4 cm³/mol. The Kier molecular flexibility index (Phi) is 4.03. The molecule has 0 unspecified atom stereocenters. The van der Waals surface area contributed by atoms with Gasteiger partial charge in [0, 0.05) is 20.0 Å². The predicted octanol–water partition coefficient (Wildman–Crippen LogP) is -1.05. The molecule has 0 aliphatic carbocycles. The van der Waals surface area contributed by atoms with E-state index in [0.29, 0.717) is 18.9 Å². The number of aromatic nitrogens is 6. The fourth-order valence-electron chi connectivity index (χ4n) is 1.41. The van der Waals surface area contributed by atoms with Crippen LogP contribution in [0.5, 0.6) is 6.01 Å². The number of nitrogens with two attached hydrogens (primary N) is 1. The second kappa shape index (κ2) is 5.91. The summed E-state index contributed by atoms with van der Waals surface area (Å²) in [5.74, 6) is 6.73. The Hall–Kier alpha value is -2.49. The van der Waals surface area contributed by atoms with E-state index in [9.17, 15) is 0 Å². The Morgan fingerprint density at radius 2 is 2.11 bits per heavy atom. The van der Waals surface area contributed by atoms with Gasteiger partial charge in [-0.2, -0.15) is 15.0 Å². The fourth-order valence-corrected chi connectivity index (χ4v) is 1.41. The summed E-state index contributed by atoms with van der Waals surface area (Å²) in [5.41, 5.74) is 2.35. The lowest BCUT2D eigenvalue weighted by Gasteiger charge is -2.07. The number of nitrogens with zero attached hydrogens (tertiary/aromatic N) is 6. The number of rotatable bonds is 6. The topological polar surface area (TPSA) is 129 Å². The molecule has 2 heterocycles. The van der Waals surface area contributed by atoms with Crippen molar-refractivity contribution in [2.75, 3.05) is 24.4 Å². The van der Waals surface area contributed by atoms with E-state index in [-0.39, 0.29) is 12.0 Å². The zero-order valence-electron chi connectivity index (χ0n) is 10.7. The molecule has 2 rings (SSSR count). The van der Waals surface area contributed by atoms with Crippen LogP contribution in [0.15, 0.2) is 6.33 Å². The summed E-state index contributed by atoms with van der Waals surface area (Å²) in [4.78, 5) is 12.0. The van der Waals surface area contributed by atoms with Gasteiger partial charge in [0.05, 0.1) is 7.11 Å². The fraction of sp³-hybridized carbons (Fsp3) is 0.444. The van der Waals surface area contributed by atoms with Gasteiger partial charge in [-0.15, -0.1) is 10.2 Å². The summed E-state index contributed by atoms with van der Waals surface area (Å²) in [5, 5.41) is 10.8. The maximum atomic E-state index is 5.26. The van der Waals surface area contributed by atoms with Gasteiger partial charge in [0.15, 0.2) is 0 Å². The summed E-state index contributed by atoms with van der Waals surface area (Å²) in [6.45, 7) is 0.601. The molecule has 0 radical (unpaired) electrons. The summed E-state index contributed by atoms with van der Waals surface area (Å²) in [6.07, 6.45) is 2.34. The van der Waals surface area contributed by atoms with Crippen LogP contribution in [-0.2, 0) is 13.5 Å². The number of hydrazine groups is 1. The first kappa shape index (κ1) is 13.0. The van der Waals surface area contributed by atoms with Crippen LogP contribution in [0, 0.1) is 0 Å². The molecular weight excluding hydrogens is 250 g/mol. The van der Waals surface area contributed by atoms with Gasteiger partial charge in [-0.1, -0.05) is 0 Å². The molecule has 0 saturated heterocycles. The van der Waals surface area contributed by atoms with E-state index >= 15 is 0 Å². The normalized spacial score (nSPS) is 10.3. The van der Waals surface area contributed by atoms with E-state index < -0.39 is 0 Å². The third kappa shape index (κ3) is 3.25. The van der Waals surface area contributed by atoms with Crippen LogP contribution in [0.25, 0.3) is 0 Å². The first-order valence-corrected chi connectivity index (χ1v) is 5.56. The van der Waals surface area contributed by atoms with Crippen molar-refractivity contribution < 1.29 is 4.74 Å². The monoisotopic (exact) mass is 265 g/mol. The SMILES string of the molecule is COc1nc(NN)nc(NCCc2nncn2C)n1. The smallest absolute Gasteiger partial charge is 0.322 e. The van der Waals surface area contributed by atoms with Crippen LogP contribution in [-0.4, -0.2) is 43.4 Å². The molecule has 0 aliphatic heterocycles. The Balaban J connectivity index is 1.97. The Labute approximate surface area is 109 Å². The zero-order chi connectivity index (χ0) is 13.7. The lowest BCUT2D eigenvalue weighted by atomic mass is 10.4. The number of aryl methyl sites for hydroxylation is 1. The van der Waals surface area contributed by atoms with Crippen LogP contribution in [0.2, 0.25) is 0 Å². The summed E-state index contributed by atoms with van der Waals surface area (Å²) >= 11 is 0. The van der Waals surface area contributed by atoms with Gasteiger partial charge < -0.3 is 14.6 Å². The van der Waals surface area contributed by atoms with Crippen molar-refractivity contribution in [2.24, 2.45) is 12.9 Å². The van der Waals surface area contributed by atoms with Gasteiger partial charge in [-0.05, 0) is 0 Å². The second-order valence-corrected chi connectivity index (χ2v) is 3.65. The van der Waals surface area contributed by atoms with Crippen molar-refractivity contribution in [1.82, 2.24) is 29.7 Å². The molecule has 2 aromatic rings. The first-order valence-electron chi connectivity index (χ1n) is 5.56. The summed E-state index contributed by atoms with van der Waals surface area (Å²) < 4.78 is 6.79. The minimum Gasteiger partial charge on any atom is -0.467 e. The maximum absolute atomic E-state index is 5.26. The van der Waals surface area contributed by atoms with Crippen molar-refractivity contribution in [3.05, 3.63) is 12.2 Å². The number of ether oxygens (including phenoxy) is 1. The lowest BCUT2D eigenvalue weighted by Crippen LogP contribution is -2.15. The maximum Gasteiger partial charge on any atom is 0.322 e. The molecule has 0 atom stereocenters. The van der Waals surface area contributed by atoms with E-state index in [1.807, 2.05) is 11.6 Å². The van der Waals surface area contributed by atoms with E-state index in [0.717, 1.165) is 5.82 Å². The molecule has 4 N–H and O–H groups in total. The number of anilines is 2. The molecule has 0 aliphatic rings. The third-order valence-electron chi connectivity index (χ3n) is 2.36. The minimum atomic E-state index is 0.184. The molecule has 0 bridgehead atoms. The average molecular weight is 265 g/mol. The molecule has 0 aromatic carbocycles. The summed E-state index contributed by atoms with van der Waals surface area (Å²) in [6, 6.07) is 0.184. The molecule has 10 heteroatoms. The third-order valence-corrected chi connectivity index (χ3v) is 2.36. The number of methoxy groups -OCH3 is 1. The molecule has 0 amide bonds. The number of nitrogen functional groups attached to an aromatic ring is 1. The Morgan fingerprint density at radius 1 is 1.32 bits per heavy atom. The van der Waals surface area contributed by atoms with Gasteiger partial charge in [-0.3, -0.25) is 5.43 Å². The molecule has 19 heavy (non-hydrogen) atoms. The molecule has 102 valence electrons. The molecular formula is C9H15N9O. The molecule has 0 spiro atoms. The largest absolute Gasteiger partial charge is 0.467 e. The number of hydrogen-bond acceptors (Lipinski definition) is 9. The zero-order valence-corrected chi connectivity index (χ0v) is 10.7. The van der Waals surface area contributed by atoms with Crippen LogP contribution >= 0.6 is 0 Å². The minimum absolute atomic E-state index is 0.184. The standard InChI is InChI=1S/C9H15N9O/c1-18-5-12-17-6(18)3-4-11-7-13-8(16-10)15-9(14-7)19-2/h5H,3-4,10H2,1-2H3,(H2,11,13,14,15,16). The van der Waals surface area contributed by atoms with Gasteiger partial charge >= 0.3 is 6.01 Å². The average Bonchev–Trinajstić information content (AvgIpc) is 2.84. The molecule has 2 aromatic heterocycles. The second-order valence-electron chi connectivity index (χ2n) is 3.65. The van der Waals surface area contributed by atoms with Crippen LogP contribution < -0.4 is 21.3 Å². The Bertz CT molecular complexity index is 518. The highest BCUT2D eigenvalue weighted by Gasteiger charge is 2.06. The van der Waals surface area contributed by atoms with Crippen LogP contribution in [0.3, 0.4) is 0 Å². The summed E-state index contributed by atoms with van der Waals surface area (Å²) in [7, 11) is 3.36. The van der Waals surface area contributed by atoms with E-state index in [1.165, 1.54) is 7.11 Å². The highest BCUT2D eigenvalue weighted by atomic mass is 16.5. The lowest BCUT2D eigenvalue weighted by molar-refractivity contribution is 0.379. The van der Waals surface area contributed by atoms with Crippen molar-refractivity contribution in [3.8, 4) is 6.01 Å². The van der Waals surface area contributed by atoms with Crippen molar-refractivity contribution >= 4 is 11.9 Å². The number of hydrogen-bond donors (Lipinski definition) is 3. The Morgan fingerprint density at radius 3 is 2.74 bits per heavy atom. The van der Waals surface area contributed by atoms with Gasteiger partial charge in [-0.25, -0.2) is 5.84 Å². The number of nitrogens with one attached hydrogen (secondary N) is 2. The highest BCUT2D eigenvalue weighted by Crippen LogP contribution is 2.09. The highest BCUT2D eigenvalue weighted by molar-refractivity contribution is 5.34. The van der Waals surface area contributed by atoms with Crippen LogP contribution in [0.4, 0.5) is 11.9 Å². The molecule has 0 saturated carbocycles. The van der Waals surface area contributed by atoms with Crippen molar-refractivity contribution in [2.45, 2.75) is 6.42 Å². The van der Waals surface area contributed by atoms with Gasteiger partial charge in [0.25, 0.3) is 0 Å². The van der Waals surface area contributed by atoms with Gasteiger partial charge in [0.1, 0.15) is 12.2 Å². The molecule has 10 nitrogen and oxygen atoms in total. The molecule has 0 fully saturated rings. The van der Waals surface area contributed by atoms with Crippen molar-refractivity contribution in [3.63, 3.8) is 0 Å². The van der Waals surface area contributed by atoms with E-state index in [2.05, 4.69) is 35.9 Å². The quantitative estimate of drug-likeness (QED) is 0.442. The first-order chi connectivity index (χ1) is 9.22. The van der Waals surface area contributed by atoms with E-state index in [4.69, 9.17) is 10.6 Å². The van der Waals surface area contributed by atoms with Crippen LogP contribution in [0.1, 0.15) is 5.82 Å². The van der Waals surface area contributed by atoms with Gasteiger partial charge in [0.2, 0.25) is 11.9 Å². The van der Waals surface area contributed by atoms with Crippen molar-refractivity contribution in [1.29, 1.82) is 0 Å².